The molecule has 2 rings (SSSR count). The van der Waals surface area contributed by atoms with Crippen molar-refractivity contribution >= 4 is 11.6 Å². The van der Waals surface area contributed by atoms with Crippen molar-refractivity contribution in [3.8, 4) is 6.07 Å². The molecule has 88 valence electrons. The topological polar surface area (TPSA) is 70.1 Å². The third-order valence-electron chi connectivity index (χ3n) is 2.86. The lowest BCUT2D eigenvalue weighted by Crippen LogP contribution is -2.48. The maximum absolute atomic E-state index is 13.2. The molecule has 0 bridgehead atoms. The minimum Gasteiger partial charge on any atom is -0.320 e. The van der Waals surface area contributed by atoms with Gasteiger partial charge in [-0.25, -0.2) is 4.39 Å². The highest BCUT2D eigenvalue weighted by molar-refractivity contribution is 5.97. The predicted molar refractivity (Wildman–Crippen MR) is 60.7 cm³/mol. The number of carbonyl (C=O) groups excluding carboxylic acids is 1. The molecule has 1 aliphatic rings. The zero-order valence-electron chi connectivity index (χ0n) is 9.19. The minimum absolute atomic E-state index is 0.0607. The van der Waals surface area contributed by atoms with Crippen molar-refractivity contribution in [2.75, 3.05) is 11.4 Å². The molecule has 1 amide bonds. The van der Waals surface area contributed by atoms with Gasteiger partial charge in [-0.05, 0) is 31.0 Å². The summed E-state index contributed by atoms with van der Waals surface area (Å²) in [5, 5.41) is 8.74. The lowest BCUT2D eigenvalue weighted by atomic mass is 10.0. The summed E-state index contributed by atoms with van der Waals surface area (Å²) < 4.78 is 13.2. The normalized spacial score (nSPS) is 20.2. The largest absolute Gasteiger partial charge is 0.320 e. The van der Waals surface area contributed by atoms with Crippen LogP contribution in [0.15, 0.2) is 18.2 Å². The van der Waals surface area contributed by atoms with E-state index in [1.807, 2.05) is 0 Å². The maximum Gasteiger partial charge on any atom is 0.243 e. The molecule has 1 heterocycles. The Morgan fingerprint density at radius 2 is 2.29 bits per heavy atom. The summed E-state index contributed by atoms with van der Waals surface area (Å²) in [4.78, 5) is 13.3. The lowest BCUT2D eigenvalue weighted by Gasteiger charge is -2.30. The van der Waals surface area contributed by atoms with Crippen molar-refractivity contribution in [2.45, 2.75) is 18.9 Å². The summed E-state index contributed by atoms with van der Waals surface area (Å²) in [6, 6.07) is 5.32. The van der Waals surface area contributed by atoms with Crippen LogP contribution < -0.4 is 10.6 Å². The van der Waals surface area contributed by atoms with Crippen LogP contribution in [0.1, 0.15) is 18.4 Å². The fourth-order valence-corrected chi connectivity index (χ4v) is 1.93. The molecule has 1 unspecified atom stereocenters. The minimum atomic E-state index is -0.579. The average molecular weight is 233 g/mol. The summed E-state index contributed by atoms with van der Waals surface area (Å²) in [5.41, 5.74) is 6.15. The fraction of sp³-hybridized carbons (Fsp3) is 0.333. The number of rotatable bonds is 1. The van der Waals surface area contributed by atoms with Gasteiger partial charge in [0, 0.05) is 12.2 Å². The van der Waals surface area contributed by atoms with Crippen LogP contribution in [0.2, 0.25) is 0 Å². The number of amides is 1. The van der Waals surface area contributed by atoms with E-state index in [4.69, 9.17) is 11.0 Å². The Balaban J connectivity index is 2.34. The Morgan fingerprint density at radius 1 is 1.53 bits per heavy atom. The van der Waals surface area contributed by atoms with Gasteiger partial charge in [-0.1, -0.05) is 0 Å². The summed E-state index contributed by atoms with van der Waals surface area (Å²) in [5.74, 6) is -0.753. The van der Waals surface area contributed by atoms with E-state index in [0.29, 0.717) is 18.7 Å². The second-order valence-corrected chi connectivity index (χ2v) is 4.01. The Labute approximate surface area is 98.4 Å². The van der Waals surface area contributed by atoms with Crippen molar-refractivity contribution < 1.29 is 9.18 Å². The molecule has 17 heavy (non-hydrogen) atoms. The van der Waals surface area contributed by atoms with E-state index in [9.17, 15) is 9.18 Å². The van der Waals surface area contributed by atoms with Crippen LogP contribution in [-0.2, 0) is 4.79 Å². The van der Waals surface area contributed by atoms with Crippen LogP contribution in [0.4, 0.5) is 10.1 Å². The molecule has 4 nitrogen and oxygen atoms in total. The van der Waals surface area contributed by atoms with E-state index in [0.717, 1.165) is 6.42 Å². The third kappa shape index (κ3) is 2.12. The smallest absolute Gasteiger partial charge is 0.243 e. The number of nitrogens with zero attached hydrogens (tertiary/aromatic N) is 2. The van der Waals surface area contributed by atoms with Gasteiger partial charge >= 0.3 is 0 Å². The highest BCUT2D eigenvalue weighted by Gasteiger charge is 2.27. The zero-order valence-corrected chi connectivity index (χ0v) is 9.19. The molecular weight excluding hydrogens is 221 g/mol. The summed E-state index contributed by atoms with van der Waals surface area (Å²) in [7, 11) is 0. The molecule has 1 aromatic rings. The highest BCUT2D eigenvalue weighted by Crippen LogP contribution is 2.22. The van der Waals surface area contributed by atoms with Crippen molar-refractivity contribution in [3.05, 3.63) is 29.6 Å². The van der Waals surface area contributed by atoms with Gasteiger partial charge in [0.25, 0.3) is 0 Å². The van der Waals surface area contributed by atoms with Gasteiger partial charge < -0.3 is 10.6 Å². The molecule has 1 atom stereocenters. The molecule has 0 aromatic heterocycles. The van der Waals surface area contributed by atoms with E-state index >= 15 is 0 Å². The van der Waals surface area contributed by atoms with Gasteiger partial charge in [-0.2, -0.15) is 5.26 Å². The van der Waals surface area contributed by atoms with Crippen LogP contribution >= 0.6 is 0 Å². The van der Waals surface area contributed by atoms with Crippen molar-refractivity contribution in [1.29, 1.82) is 5.26 Å². The van der Waals surface area contributed by atoms with Crippen molar-refractivity contribution in [3.63, 3.8) is 0 Å². The van der Waals surface area contributed by atoms with Crippen molar-refractivity contribution in [2.24, 2.45) is 5.73 Å². The van der Waals surface area contributed by atoms with E-state index in [1.54, 1.807) is 6.07 Å². The first-order valence-corrected chi connectivity index (χ1v) is 5.40. The molecule has 0 spiro atoms. The number of hydrogen-bond acceptors (Lipinski definition) is 3. The monoisotopic (exact) mass is 233 g/mol. The van der Waals surface area contributed by atoms with Gasteiger partial charge in [0.1, 0.15) is 11.9 Å². The summed E-state index contributed by atoms with van der Waals surface area (Å²) >= 11 is 0. The number of nitriles is 1. The molecule has 0 radical (unpaired) electrons. The highest BCUT2D eigenvalue weighted by atomic mass is 19.1. The van der Waals surface area contributed by atoms with Crippen molar-refractivity contribution in [1.82, 2.24) is 0 Å². The molecule has 0 saturated carbocycles. The Morgan fingerprint density at radius 3 is 3.00 bits per heavy atom. The molecule has 1 fully saturated rings. The van der Waals surface area contributed by atoms with E-state index in [2.05, 4.69) is 0 Å². The number of benzene rings is 1. The Bertz CT molecular complexity index is 495. The number of hydrogen-bond donors (Lipinski definition) is 1. The van der Waals surface area contributed by atoms with Crippen LogP contribution in [0.5, 0.6) is 0 Å². The molecule has 0 aliphatic carbocycles. The first-order valence-electron chi connectivity index (χ1n) is 5.40. The van der Waals surface area contributed by atoms with Crippen LogP contribution in [0.25, 0.3) is 0 Å². The predicted octanol–water partition coefficient (Wildman–Crippen LogP) is 1.15. The van der Waals surface area contributed by atoms with Crippen LogP contribution in [-0.4, -0.2) is 18.5 Å². The molecule has 5 heteroatoms. The van der Waals surface area contributed by atoms with Gasteiger partial charge in [0.05, 0.1) is 11.6 Å². The quantitative estimate of drug-likeness (QED) is 0.791. The van der Waals surface area contributed by atoms with Gasteiger partial charge in [0.15, 0.2) is 0 Å². The molecule has 1 saturated heterocycles. The fourth-order valence-electron chi connectivity index (χ4n) is 1.93. The first-order chi connectivity index (χ1) is 8.13. The first kappa shape index (κ1) is 11.6. The number of halogens is 1. The molecule has 2 N–H and O–H groups in total. The lowest BCUT2D eigenvalue weighted by molar-refractivity contribution is -0.120. The number of anilines is 1. The number of nitrogens with two attached hydrogens (primary N) is 1. The van der Waals surface area contributed by atoms with E-state index in [-0.39, 0.29) is 11.5 Å². The average Bonchev–Trinajstić information content (AvgIpc) is 2.34. The zero-order chi connectivity index (χ0) is 12.4. The number of piperidine rings is 1. The van der Waals surface area contributed by atoms with Gasteiger partial charge in [0.2, 0.25) is 5.91 Å². The van der Waals surface area contributed by atoms with Gasteiger partial charge in [-0.15, -0.1) is 0 Å². The standard InChI is InChI=1S/C12H12FN3O/c13-10-4-3-9(6-8(10)7-14)16-5-1-2-11(15)12(16)17/h3-4,6,11H,1-2,5,15H2. The molecule has 1 aliphatic heterocycles. The van der Waals surface area contributed by atoms with Crippen LogP contribution in [0.3, 0.4) is 0 Å². The van der Waals surface area contributed by atoms with E-state index in [1.165, 1.54) is 23.1 Å². The summed E-state index contributed by atoms with van der Waals surface area (Å²) in [6.07, 6.45) is 1.48. The van der Waals surface area contributed by atoms with Crippen LogP contribution in [0, 0.1) is 17.1 Å². The maximum atomic E-state index is 13.2. The number of carbonyl (C=O) groups is 1. The third-order valence-corrected chi connectivity index (χ3v) is 2.86. The van der Waals surface area contributed by atoms with E-state index < -0.39 is 11.9 Å². The SMILES string of the molecule is N#Cc1cc(N2CCCC(N)C2=O)ccc1F. The molecule has 1 aromatic carbocycles. The molecular formula is C12H12FN3O. The summed E-state index contributed by atoms with van der Waals surface area (Å²) in [6.45, 7) is 0.559. The Kier molecular flexibility index (Phi) is 3.07. The Hall–Kier alpha value is -1.93. The van der Waals surface area contributed by atoms with Gasteiger partial charge in [-0.3, -0.25) is 4.79 Å². The second-order valence-electron chi connectivity index (χ2n) is 4.01. The second kappa shape index (κ2) is 4.52.